The molecule has 112 valence electrons. The SMILES string of the molecule is OC(CNc1cc(F)c(Br)cc1F)c1cc(F)ccc1F. The zero-order chi connectivity index (χ0) is 15.6. The summed E-state index contributed by atoms with van der Waals surface area (Å²) in [5.41, 5.74) is -0.452. The summed E-state index contributed by atoms with van der Waals surface area (Å²) in [6.45, 7) is -0.307. The smallest absolute Gasteiger partial charge is 0.147 e. The Morgan fingerprint density at radius 1 is 1.00 bits per heavy atom. The van der Waals surface area contributed by atoms with Crippen LogP contribution in [0.15, 0.2) is 34.8 Å². The van der Waals surface area contributed by atoms with E-state index in [1.807, 2.05) is 0 Å². The molecule has 2 N–H and O–H groups in total. The number of aliphatic hydroxyl groups excluding tert-OH is 1. The van der Waals surface area contributed by atoms with Crippen molar-refractivity contribution >= 4 is 21.6 Å². The molecule has 0 aliphatic rings. The lowest BCUT2D eigenvalue weighted by Crippen LogP contribution is -2.14. The van der Waals surface area contributed by atoms with Gasteiger partial charge < -0.3 is 10.4 Å². The maximum Gasteiger partial charge on any atom is 0.147 e. The highest BCUT2D eigenvalue weighted by molar-refractivity contribution is 9.10. The molecule has 0 saturated heterocycles. The van der Waals surface area contributed by atoms with E-state index in [9.17, 15) is 22.7 Å². The summed E-state index contributed by atoms with van der Waals surface area (Å²) in [6, 6.07) is 4.47. The Hall–Kier alpha value is -1.60. The van der Waals surface area contributed by atoms with Crippen LogP contribution >= 0.6 is 15.9 Å². The third-order valence-corrected chi connectivity index (χ3v) is 3.42. The standard InChI is InChI=1S/C14H10BrF4NO/c15-9-4-12(19)13(5-11(9)18)20-6-14(21)8-3-7(16)1-2-10(8)17/h1-5,14,20-21H,6H2. The van der Waals surface area contributed by atoms with Crippen molar-refractivity contribution < 1.29 is 22.7 Å². The zero-order valence-electron chi connectivity index (χ0n) is 10.5. The highest BCUT2D eigenvalue weighted by Crippen LogP contribution is 2.25. The largest absolute Gasteiger partial charge is 0.386 e. The first-order chi connectivity index (χ1) is 9.88. The average molecular weight is 364 g/mol. The Kier molecular flexibility index (Phi) is 4.84. The molecule has 7 heteroatoms. The van der Waals surface area contributed by atoms with Gasteiger partial charge in [-0.15, -0.1) is 0 Å². The normalized spacial score (nSPS) is 12.3. The number of benzene rings is 2. The summed E-state index contributed by atoms with van der Waals surface area (Å²) in [4.78, 5) is 0. The molecule has 0 saturated carbocycles. The zero-order valence-corrected chi connectivity index (χ0v) is 12.1. The van der Waals surface area contributed by atoms with E-state index in [0.717, 1.165) is 30.3 Å². The van der Waals surface area contributed by atoms with Crippen molar-refractivity contribution in [3.8, 4) is 0 Å². The Morgan fingerprint density at radius 3 is 2.43 bits per heavy atom. The van der Waals surface area contributed by atoms with Crippen LogP contribution in [0.25, 0.3) is 0 Å². The fourth-order valence-electron chi connectivity index (χ4n) is 1.74. The minimum atomic E-state index is -1.41. The van der Waals surface area contributed by atoms with Crippen LogP contribution in [0.2, 0.25) is 0 Å². The third kappa shape index (κ3) is 3.74. The fraction of sp³-hybridized carbons (Fsp3) is 0.143. The first-order valence-corrected chi connectivity index (χ1v) is 6.69. The fourth-order valence-corrected chi connectivity index (χ4v) is 2.06. The van der Waals surface area contributed by atoms with Crippen LogP contribution in [0, 0.1) is 23.3 Å². The predicted molar refractivity (Wildman–Crippen MR) is 73.9 cm³/mol. The number of hydrogen-bond donors (Lipinski definition) is 2. The highest BCUT2D eigenvalue weighted by atomic mass is 79.9. The number of anilines is 1. The molecular formula is C14H10BrF4NO. The van der Waals surface area contributed by atoms with E-state index >= 15 is 0 Å². The van der Waals surface area contributed by atoms with Crippen LogP contribution in [0.1, 0.15) is 11.7 Å². The van der Waals surface area contributed by atoms with Crippen LogP contribution in [0.3, 0.4) is 0 Å². The molecule has 0 aliphatic heterocycles. The molecule has 0 radical (unpaired) electrons. The van der Waals surface area contributed by atoms with Crippen LogP contribution < -0.4 is 5.32 Å². The number of halogens is 5. The molecule has 0 fully saturated rings. The lowest BCUT2D eigenvalue weighted by molar-refractivity contribution is 0.186. The third-order valence-electron chi connectivity index (χ3n) is 2.81. The van der Waals surface area contributed by atoms with Crippen LogP contribution in [0.5, 0.6) is 0 Å². The van der Waals surface area contributed by atoms with Gasteiger partial charge in [0.05, 0.1) is 16.3 Å². The van der Waals surface area contributed by atoms with E-state index in [1.54, 1.807) is 0 Å². The van der Waals surface area contributed by atoms with Crippen molar-refractivity contribution in [1.82, 2.24) is 0 Å². The second-order valence-corrected chi connectivity index (χ2v) is 5.16. The molecule has 1 atom stereocenters. The molecule has 0 spiro atoms. The van der Waals surface area contributed by atoms with E-state index in [1.165, 1.54) is 0 Å². The van der Waals surface area contributed by atoms with Gasteiger partial charge in [0.2, 0.25) is 0 Å². The summed E-state index contributed by atoms with van der Waals surface area (Å²) in [6.07, 6.45) is -1.41. The molecule has 0 heterocycles. The van der Waals surface area contributed by atoms with Crippen LogP contribution in [0.4, 0.5) is 23.2 Å². The second kappa shape index (κ2) is 6.44. The maximum absolute atomic E-state index is 13.6. The lowest BCUT2D eigenvalue weighted by Gasteiger charge is -2.15. The molecule has 2 aromatic rings. The van der Waals surface area contributed by atoms with Crippen molar-refractivity contribution in [3.05, 3.63) is 63.6 Å². The molecule has 2 rings (SSSR count). The first kappa shape index (κ1) is 15.8. The van der Waals surface area contributed by atoms with Gasteiger partial charge >= 0.3 is 0 Å². The van der Waals surface area contributed by atoms with E-state index in [0.29, 0.717) is 0 Å². The number of hydrogen-bond acceptors (Lipinski definition) is 2. The van der Waals surface area contributed by atoms with Gasteiger partial charge in [-0.3, -0.25) is 0 Å². The van der Waals surface area contributed by atoms with Gasteiger partial charge in [0.1, 0.15) is 23.3 Å². The first-order valence-electron chi connectivity index (χ1n) is 5.90. The van der Waals surface area contributed by atoms with Crippen molar-refractivity contribution in [3.63, 3.8) is 0 Å². The van der Waals surface area contributed by atoms with Gasteiger partial charge in [0, 0.05) is 18.2 Å². The minimum Gasteiger partial charge on any atom is -0.386 e. The topological polar surface area (TPSA) is 32.3 Å². The lowest BCUT2D eigenvalue weighted by atomic mass is 10.1. The van der Waals surface area contributed by atoms with Crippen molar-refractivity contribution in [1.29, 1.82) is 0 Å². The van der Waals surface area contributed by atoms with Crippen molar-refractivity contribution in [2.45, 2.75) is 6.10 Å². The molecule has 0 aromatic heterocycles. The van der Waals surface area contributed by atoms with Crippen molar-refractivity contribution in [2.24, 2.45) is 0 Å². The van der Waals surface area contributed by atoms with E-state index in [2.05, 4.69) is 21.2 Å². The monoisotopic (exact) mass is 363 g/mol. The highest BCUT2D eigenvalue weighted by Gasteiger charge is 2.15. The van der Waals surface area contributed by atoms with Gasteiger partial charge in [-0.05, 0) is 40.2 Å². The molecule has 0 amide bonds. The summed E-state index contributed by atoms with van der Waals surface area (Å²) >= 11 is 2.83. The number of nitrogens with one attached hydrogen (secondary N) is 1. The van der Waals surface area contributed by atoms with E-state index in [4.69, 9.17) is 0 Å². The molecule has 0 bridgehead atoms. The maximum atomic E-state index is 13.6. The molecule has 1 unspecified atom stereocenters. The van der Waals surface area contributed by atoms with Gasteiger partial charge in [-0.25, -0.2) is 17.6 Å². The van der Waals surface area contributed by atoms with Gasteiger partial charge in [0.25, 0.3) is 0 Å². The Balaban J connectivity index is 2.12. The molecule has 2 aromatic carbocycles. The number of rotatable bonds is 4. The predicted octanol–water partition coefficient (Wildman–Crippen LogP) is 4.15. The minimum absolute atomic E-state index is 0.0396. The van der Waals surface area contributed by atoms with E-state index < -0.39 is 29.4 Å². The van der Waals surface area contributed by atoms with Crippen LogP contribution in [-0.4, -0.2) is 11.7 Å². The quantitative estimate of drug-likeness (QED) is 0.631. The van der Waals surface area contributed by atoms with Gasteiger partial charge in [0.15, 0.2) is 0 Å². The summed E-state index contributed by atoms with van der Waals surface area (Å²) in [5, 5.41) is 12.3. The number of aliphatic hydroxyl groups is 1. The van der Waals surface area contributed by atoms with E-state index in [-0.39, 0.29) is 22.3 Å². The second-order valence-electron chi connectivity index (χ2n) is 4.31. The Morgan fingerprint density at radius 2 is 1.71 bits per heavy atom. The Bertz CT molecular complexity index is 666. The average Bonchev–Trinajstić information content (AvgIpc) is 2.43. The van der Waals surface area contributed by atoms with Gasteiger partial charge in [-0.1, -0.05) is 0 Å². The molecule has 0 aliphatic carbocycles. The summed E-state index contributed by atoms with van der Waals surface area (Å²) < 4.78 is 53.3. The summed E-state index contributed by atoms with van der Waals surface area (Å²) in [5.74, 6) is -2.92. The summed E-state index contributed by atoms with van der Waals surface area (Å²) in [7, 11) is 0. The van der Waals surface area contributed by atoms with Crippen LogP contribution in [-0.2, 0) is 0 Å². The molecule has 21 heavy (non-hydrogen) atoms. The van der Waals surface area contributed by atoms with Gasteiger partial charge in [-0.2, -0.15) is 0 Å². The van der Waals surface area contributed by atoms with Crippen molar-refractivity contribution in [2.75, 3.05) is 11.9 Å². The Labute approximate surface area is 126 Å². The molecular weight excluding hydrogens is 354 g/mol. The molecule has 2 nitrogen and oxygen atoms in total.